The van der Waals surface area contributed by atoms with E-state index in [9.17, 15) is 9.32 Å². The second-order valence-corrected chi connectivity index (χ2v) is 6.54. The van der Waals surface area contributed by atoms with Crippen molar-refractivity contribution < 1.29 is 9.32 Å². The standard InChI is InChI=1S/C14H23NO2S/c1-12(9-10-18(3)17)15-11-14(2,16)13-7-5-4-6-8-13/h4-8,12,15-16H,9-11H2,1-3H3. The van der Waals surface area contributed by atoms with Crippen molar-refractivity contribution in [2.75, 3.05) is 18.6 Å². The molecule has 0 fully saturated rings. The average Bonchev–Trinajstić information content (AvgIpc) is 2.35. The first-order valence-corrected chi connectivity index (χ1v) is 7.96. The van der Waals surface area contributed by atoms with Crippen molar-refractivity contribution in [3.8, 4) is 0 Å². The summed E-state index contributed by atoms with van der Waals surface area (Å²) in [7, 11) is -0.749. The van der Waals surface area contributed by atoms with Crippen LogP contribution >= 0.6 is 0 Å². The van der Waals surface area contributed by atoms with Crippen LogP contribution in [0.25, 0.3) is 0 Å². The maximum atomic E-state index is 11.0. The van der Waals surface area contributed by atoms with Gasteiger partial charge in [-0.15, -0.1) is 0 Å². The number of hydrogen-bond acceptors (Lipinski definition) is 3. The quantitative estimate of drug-likeness (QED) is 0.791. The van der Waals surface area contributed by atoms with Gasteiger partial charge in [-0.25, -0.2) is 0 Å². The molecule has 0 radical (unpaired) electrons. The van der Waals surface area contributed by atoms with Crippen molar-refractivity contribution in [2.45, 2.75) is 31.9 Å². The predicted octanol–water partition coefficient (Wildman–Crippen LogP) is 1.64. The van der Waals surface area contributed by atoms with Gasteiger partial charge in [-0.2, -0.15) is 0 Å². The smallest absolute Gasteiger partial charge is 0.0992 e. The Bertz CT molecular complexity index is 379. The molecule has 0 aromatic heterocycles. The molecule has 102 valence electrons. The first-order valence-electron chi connectivity index (χ1n) is 6.23. The largest absolute Gasteiger partial charge is 0.384 e. The molecule has 3 nitrogen and oxygen atoms in total. The number of nitrogens with one attached hydrogen (secondary N) is 1. The first-order chi connectivity index (χ1) is 8.42. The molecule has 3 atom stereocenters. The highest BCUT2D eigenvalue weighted by atomic mass is 32.2. The first kappa shape index (κ1) is 15.3. The van der Waals surface area contributed by atoms with Crippen LogP contribution in [0.1, 0.15) is 25.8 Å². The van der Waals surface area contributed by atoms with E-state index in [0.717, 1.165) is 12.0 Å². The van der Waals surface area contributed by atoms with Crippen LogP contribution in [0.3, 0.4) is 0 Å². The summed E-state index contributed by atoms with van der Waals surface area (Å²) in [4.78, 5) is 0. The highest BCUT2D eigenvalue weighted by molar-refractivity contribution is 7.84. The fourth-order valence-corrected chi connectivity index (χ4v) is 2.40. The SMILES string of the molecule is CC(CCS(C)=O)NCC(C)(O)c1ccccc1. The van der Waals surface area contributed by atoms with Gasteiger partial charge >= 0.3 is 0 Å². The van der Waals surface area contributed by atoms with Gasteiger partial charge in [-0.3, -0.25) is 4.21 Å². The van der Waals surface area contributed by atoms with E-state index in [4.69, 9.17) is 0 Å². The summed E-state index contributed by atoms with van der Waals surface area (Å²) in [6.45, 7) is 4.35. The lowest BCUT2D eigenvalue weighted by molar-refractivity contribution is 0.0543. The molecule has 1 aromatic carbocycles. The second-order valence-electron chi connectivity index (χ2n) is 4.99. The van der Waals surface area contributed by atoms with E-state index < -0.39 is 16.4 Å². The Morgan fingerprint density at radius 1 is 1.39 bits per heavy atom. The summed E-state index contributed by atoms with van der Waals surface area (Å²) in [5.41, 5.74) is 0.0321. The molecule has 2 N–H and O–H groups in total. The van der Waals surface area contributed by atoms with Gasteiger partial charge < -0.3 is 10.4 Å². The normalized spacial score (nSPS) is 18.0. The third-order valence-electron chi connectivity index (χ3n) is 3.03. The molecule has 0 aliphatic rings. The zero-order chi connectivity index (χ0) is 13.6. The van der Waals surface area contributed by atoms with E-state index in [2.05, 4.69) is 5.32 Å². The lowest BCUT2D eigenvalue weighted by atomic mass is 9.96. The molecule has 1 rings (SSSR count). The van der Waals surface area contributed by atoms with Crippen molar-refractivity contribution >= 4 is 10.8 Å². The van der Waals surface area contributed by atoms with Gasteiger partial charge in [0, 0.05) is 35.4 Å². The molecule has 4 heteroatoms. The highest BCUT2D eigenvalue weighted by Gasteiger charge is 2.22. The lowest BCUT2D eigenvalue weighted by Gasteiger charge is -2.26. The second kappa shape index (κ2) is 7.02. The summed E-state index contributed by atoms with van der Waals surface area (Å²) >= 11 is 0. The highest BCUT2D eigenvalue weighted by Crippen LogP contribution is 2.19. The Kier molecular flexibility index (Phi) is 5.99. The van der Waals surface area contributed by atoms with E-state index in [1.165, 1.54) is 0 Å². The van der Waals surface area contributed by atoms with Crippen molar-refractivity contribution in [1.82, 2.24) is 5.32 Å². The molecule has 0 amide bonds. The number of hydrogen-bond donors (Lipinski definition) is 2. The van der Waals surface area contributed by atoms with E-state index in [1.807, 2.05) is 37.3 Å². The van der Waals surface area contributed by atoms with Crippen molar-refractivity contribution in [2.24, 2.45) is 0 Å². The topological polar surface area (TPSA) is 49.3 Å². The number of aliphatic hydroxyl groups is 1. The van der Waals surface area contributed by atoms with Crippen LogP contribution in [0.5, 0.6) is 0 Å². The molecule has 0 saturated heterocycles. The van der Waals surface area contributed by atoms with E-state index in [1.54, 1.807) is 13.2 Å². The van der Waals surface area contributed by atoms with Gasteiger partial charge in [-0.05, 0) is 25.8 Å². The average molecular weight is 269 g/mol. The summed E-state index contributed by atoms with van der Waals surface area (Å²) < 4.78 is 11.0. The van der Waals surface area contributed by atoms with Crippen LogP contribution < -0.4 is 5.32 Å². The molecule has 0 bridgehead atoms. The van der Waals surface area contributed by atoms with Crippen LogP contribution in [0, 0.1) is 0 Å². The minimum atomic E-state index is -0.874. The molecule has 0 aliphatic carbocycles. The van der Waals surface area contributed by atoms with Crippen LogP contribution in [-0.4, -0.2) is 33.9 Å². The summed E-state index contributed by atoms with van der Waals surface area (Å²) in [6.07, 6.45) is 2.57. The number of benzene rings is 1. The lowest BCUT2D eigenvalue weighted by Crippen LogP contribution is -2.40. The van der Waals surface area contributed by atoms with Crippen LogP contribution in [0.15, 0.2) is 30.3 Å². The molecular formula is C14H23NO2S. The Morgan fingerprint density at radius 2 is 2.00 bits per heavy atom. The Hall–Kier alpha value is -0.710. The van der Waals surface area contributed by atoms with Crippen LogP contribution in [-0.2, 0) is 16.4 Å². The fourth-order valence-electron chi connectivity index (χ4n) is 1.72. The van der Waals surface area contributed by atoms with Gasteiger partial charge in [0.1, 0.15) is 0 Å². The minimum absolute atomic E-state index is 0.254. The van der Waals surface area contributed by atoms with Gasteiger partial charge in [0.15, 0.2) is 0 Å². The van der Waals surface area contributed by atoms with Crippen molar-refractivity contribution in [3.05, 3.63) is 35.9 Å². The van der Waals surface area contributed by atoms with Crippen molar-refractivity contribution in [1.29, 1.82) is 0 Å². The molecule has 3 unspecified atom stereocenters. The Morgan fingerprint density at radius 3 is 2.56 bits per heavy atom. The third-order valence-corrected chi connectivity index (χ3v) is 3.84. The molecular weight excluding hydrogens is 246 g/mol. The third kappa shape index (κ3) is 5.29. The Balaban J connectivity index is 2.44. The maximum Gasteiger partial charge on any atom is 0.0992 e. The van der Waals surface area contributed by atoms with Gasteiger partial charge in [-0.1, -0.05) is 30.3 Å². The van der Waals surface area contributed by atoms with E-state index in [-0.39, 0.29) is 6.04 Å². The molecule has 0 aliphatic heterocycles. The molecule has 0 saturated carbocycles. The molecule has 0 heterocycles. The van der Waals surface area contributed by atoms with E-state index >= 15 is 0 Å². The molecule has 0 spiro atoms. The van der Waals surface area contributed by atoms with Gasteiger partial charge in [0.05, 0.1) is 5.60 Å². The van der Waals surface area contributed by atoms with E-state index in [0.29, 0.717) is 12.3 Å². The van der Waals surface area contributed by atoms with Gasteiger partial charge in [0.25, 0.3) is 0 Å². The monoisotopic (exact) mass is 269 g/mol. The Labute approximate surface area is 112 Å². The summed E-state index contributed by atoms with van der Waals surface area (Å²) in [5, 5.41) is 13.7. The zero-order valence-electron chi connectivity index (χ0n) is 11.3. The summed E-state index contributed by atoms with van der Waals surface area (Å²) in [5.74, 6) is 0.696. The minimum Gasteiger partial charge on any atom is -0.384 e. The van der Waals surface area contributed by atoms with Crippen LogP contribution in [0.2, 0.25) is 0 Å². The fraction of sp³-hybridized carbons (Fsp3) is 0.571. The maximum absolute atomic E-state index is 11.0. The zero-order valence-corrected chi connectivity index (χ0v) is 12.2. The molecule has 18 heavy (non-hydrogen) atoms. The van der Waals surface area contributed by atoms with Crippen molar-refractivity contribution in [3.63, 3.8) is 0 Å². The van der Waals surface area contributed by atoms with Gasteiger partial charge in [0.2, 0.25) is 0 Å². The summed E-state index contributed by atoms with van der Waals surface area (Å²) in [6, 6.07) is 9.89. The molecule has 1 aromatic rings. The van der Waals surface area contributed by atoms with Crippen LogP contribution in [0.4, 0.5) is 0 Å². The predicted molar refractivity (Wildman–Crippen MR) is 77.0 cm³/mol. The number of rotatable bonds is 7.